The number of nitrogens with zero attached hydrogens (tertiary/aromatic N) is 4. The number of nitrogens with one attached hydrogen (secondary N) is 3. The smallest absolute Gasteiger partial charge is 0.225 e. The van der Waals surface area contributed by atoms with E-state index in [0.29, 0.717) is 27.7 Å². The Bertz CT molecular complexity index is 1140. The van der Waals surface area contributed by atoms with Crippen LogP contribution in [0.4, 0.5) is 5.69 Å². The molecule has 4 atom stereocenters. The number of aliphatic hydroxyl groups excluding tert-OH is 1. The highest BCUT2D eigenvalue weighted by Gasteiger charge is 2.48. The Morgan fingerprint density at radius 1 is 1.37 bits per heavy atom. The normalized spacial score (nSPS) is 24.6. The Morgan fingerprint density at radius 3 is 2.97 bits per heavy atom. The topological polar surface area (TPSA) is 121 Å². The third-order valence-electron chi connectivity index (χ3n) is 5.93. The van der Waals surface area contributed by atoms with E-state index in [2.05, 4.69) is 37.9 Å². The number of fused-ring (bicyclic) bond motifs is 3. The lowest BCUT2D eigenvalue weighted by Gasteiger charge is -2.29. The van der Waals surface area contributed by atoms with Crippen LogP contribution in [0.1, 0.15) is 6.42 Å². The van der Waals surface area contributed by atoms with Crippen LogP contribution in [0.3, 0.4) is 0 Å². The molecule has 156 valence electrons. The van der Waals surface area contributed by atoms with Crippen molar-refractivity contribution in [1.82, 2.24) is 30.0 Å². The summed E-state index contributed by atoms with van der Waals surface area (Å²) in [6, 6.07) is -0.111. The monoisotopic (exact) mass is 427 g/mol. The minimum atomic E-state index is -0.234. The van der Waals surface area contributed by atoms with Gasteiger partial charge in [0.25, 0.3) is 0 Å². The summed E-state index contributed by atoms with van der Waals surface area (Å²) in [6.45, 7) is 0.166. The van der Waals surface area contributed by atoms with E-state index in [-0.39, 0.29) is 42.9 Å². The number of aromatic amines is 1. The standard InChI is InChI=1S/C20H22ClN7O2/c1-28-9-12(7-24-28)18-26-17-16(13(21)8-23-19(17)27-18)25-15-11-3-2-10(6-11)14(15)20(30)22-4-5-29/h2-3,7-11,14-15,29H,4-6H2,1H3,(H,22,30)(H2,23,25,26,27)/t10-,11+,14+,15-/m1/s1. The van der Waals surface area contributed by atoms with Crippen LogP contribution in [0, 0.1) is 17.8 Å². The first-order valence-corrected chi connectivity index (χ1v) is 10.3. The maximum atomic E-state index is 12.8. The van der Waals surface area contributed by atoms with Crippen molar-refractivity contribution in [2.45, 2.75) is 12.5 Å². The number of aromatic nitrogens is 5. The summed E-state index contributed by atoms with van der Waals surface area (Å²) in [5.74, 6) is 0.768. The average Bonchev–Trinajstić information content (AvgIpc) is 3.51. The molecular formula is C20H22ClN7O2. The van der Waals surface area contributed by atoms with Crippen molar-refractivity contribution in [2.24, 2.45) is 24.8 Å². The number of imidazole rings is 1. The molecule has 3 aromatic heterocycles. The zero-order valence-corrected chi connectivity index (χ0v) is 17.1. The highest BCUT2D eigenvalue weighted by atomic mass is 35.5. The molecule has 30 heavy (non-hydrogen) atoms. The summed E-state index contributed by atoms with van der Waals surface area (Å²) in [4.78, 5) is 25.1. The second-order valence-electron chi connectivity index (χ2n) is 7.83. The second-order valence-corrected chi connectivity index (χ2v) is 8.23. The number of carbonyl (C=O) groups is 1. The number of amides is 1. The lowest BCUT2D eigenvalue weighted by Crippen LogP contribution is -2.44. The van der Waals surface area contributed by atoms with Gasteiger partial charge < -0.3 is 20.7 Å². The maximum Gasteiger partial charge on any atom is 0.225 e. The lowest BCUT2D eigenvalue weighted by atomic mass is 9.87. The van der Waals surface area contributed by atoms with Crippen LogP contribution in [-0.4, -0.2) is 54.9 Å². The minimum absolute atomic E-state index is 0.0575. The fourth-order valence-electron chi connectivity index (χ4n) is 4.59. The number of halogens is 1. The molecule has 10 heteroatoms. The van der Waals surface area contributed by atoms with Gasteiger partial charge in [0.1, 0.15) is 11.3 Å². The van der Waals surface area contributed by atoms with Crippen molar-refractivity contribution in [3.63, 3.8) is 0 Å². The van der Waals surface area contributed by atoms with Crippen LogP contribution in [0.5, 0.6) is 0 Å². The van der Waals surface area contributed by atoms with Gasteiger partial charge in [-0.1, -0.05) is 23.8 Å². The highest BCUT2D eigenvalue weighted by molar-refractivity contribution is 6.34. The van der Waals surface area contributed by atoms with Gasteiger partial charge in [-0.05, 0) is 18.3 Å². The van der Waals surface area contributed by atoms with E-state index >= 15 is 0 Å². The Balaban J connectivity index is 1.49. The number of carbonyl (C=O) groups excluding carboxylic acids is 1. The van der Waals surface area contributed by atoms with Crippen molar-refractivity contribution >= 4 is 34.4 Å². The number of pyridine rings is 1. The Hall–Kier alpha value is -2.91. The first kappa shape index (κ1) is 19.1. The molecule has 1 saturated carbocycles. The minimum Gasteiger partial charge on any atom is -0.395 e. The molecule has 5 rings (SSSR count). The van der Waals surface area contributed by atoms with Crippen LogP contribution >= 0.6 is 11.6 Å². The van der Waals surface area contributed by atoms with Gasteiger partial charge >= 0.3 is 0 Å². The van der Waals surface area contributed by atoms with Gasteiger partial charge in [-0.15, -0.1) is 0 Å². The van der Waals surface area contributed by atoms with Crippen LogP contribution in [0.15, 0.2) is 30.7 Å². The van der Waals surface area contributed by atoms with Gasteiger partial charge in [0.2, 0.25) is 5.91 Å². The molecule has 1 amide bonds. The molecular weight excluding hydrogens is 406 g/mol. The molecule has 2 aliphatic carbocycles. The average molecular weight is 428 g/mol. The van der Waals surface area contributed by atoms with Gasteiger partial charge in [-0.2, -0.15) is 5.10 Å². The zero-order valence-electron chi connectivity index (χ0n) is 16.3. The highest BCUT2D eigenvalue weighted by Crippen LogP contribution is 2.46. The molecule has 0 spiro atoms. The first-order valence-electron chi connectivity index (χ1n) is 9.92. The molecule has 1 fully saturated rings. The van der Waals surface area contributed by atoms with Gasteiger partial charge in [-0.25, -0.2) is 9.97 Å². The van der Waals surface area contributed by atoms with E-state index < -0.39 is 0 Å². The maximum absolute atomic E-state index is 12.8. The largest absolute Gasteiger partial charge is 0.395 e. The number of hydrogen-bond acceptors (Lipinski definition) is 6. The van der Waals surface area contributed by atoms with Crippen LogP contribution in [-0.2, 0) is 11.8 Å². The van der Waals surface area contributed by atoms with E-state index in [9.17, 15) is 4.79 Å². The fraction of sp³-hybridized carbons (Fsp3) is 0.400. The van der Waals surface area contributed by atoms with E-state index in [1.807, 2.05) is 13.2 Å². The Morgan fingerprint density at radius 2 is 2.20 bits per heavy atom. The van der Waals surface area contributed by atoms with Gasteiger partial charge in [0, 0.05) is 25.8 Å². The van der Waals surface area contributed by atoms with Crippen LogP contribution < -0.4 is 10.6 Å². The molecule has 2 aliphatic rings. The predicted molar refractivity (Wildman–Crippen MR) is 113 cm³/mol. The van der Waals surface area contributed by atoms with Crippen molar-refractivity contribution < 1.29 is 9.90 Å². The van der Waals surface area contributed by atoms with Gasteiger partial charge in [0.15, 0.2) is 5.65 Å². The zero-order chi connectivity index (χ0) is 20.8. The number of aliphatic hydroxyl groups is 1. The molecule has 3 heterocycles. The number of H-pyrrole nitrogens is 1. The fourth-order valence-corrected chi connectivity index (χ4v) is 4.78. The third kappa shape index (κ3) is 3.14. The molecule has 0 aliphatic heterocycles. The molecule has 0 radical (unpaired) electrons. The number of hydrogen-bond donors (Lipinski definition) is 4. The molecule has 0 aromatic carbocycles. The molecule has 3 aromatic rings. The molecule has 4 N–H and O–H groups in total. The summed E-state index contributed by atoms with van der Waals surface area (Å²) in [6.07, 6.45) is 10.4. The van der Waals surface area contributed by atoms with Crippen molar-refractivity contribution in [2.75, 3.05) is 18.5 Å². The van der Waals surface area contributed by atoms with Gasteiger partial charge in [-0.3, -0.25) is 9.48 Å². The number of aryl methyl sites for hydroxylation is 1. The Kier molecular flexibility index (Phi) is 4.71. The summed E-state index contributed by atoms with van der Waals surface area (Å²) in [7, 11) is 1.85. The second kappa shape index (κ2) is 7.41. The molecule has 9 nitrogen and oxygen atoms in total. The number of anilines is 1. The van der Waals surface area contributed by atoms with E-state index in [1.54, 1.807) is 17.1 Å². The summed E-state index contributed by atoms with van der Waals surface area (Å²) >= 11 is 6.51. The van der Waals surface area contributed by atoms with Crippen molar-refractivity contribution in [3.05, 3.63) is 35.8 Å². The predicted octanol–water partition coefficient (Wildman–Crippen LogP) is 1.72. The van der Waals surface area contributed by atoms with Crippen molar-refractivity contribution in [3.8, 4) is 11.4 Å². The van der Waals surface area contributed by atoms with Crippen molar-refractivity contribution in [1.29, 1.82) is 0 Å². The van der Waals surface area contributed by atoms with E-state index in [1.165, 1.54) is 0 Å². The number of rotatable bonds is 6. The lowest BCUT2D eigenvalue weighted by molar-refractivity contribution is -0.126. The molecule has 2 bridgehead atoms. The van der Waals surface area contributed by atoms with E-state index in [0.717, 1.165) is 12.0 Å². The van der Waals surface area contributed by atoms with E-state index in [4.69, 9.17) is 21.7 Å². The number of allylic oxidation sites excluding steroid dienone is 1. The van der Waals surface area contributed by atoms with Crippen LogP contribution in [0.2, 0.25) is 5.02 Å². The van der Waals surface area contributed by atoms with Gasteiger partial charge in [0.05, 0.1) is 41.2 Å². The SMILES string of the molecule is Cn1cc(-c2nc3c(N[C@H]4[C@@H](C(=O)NCCO)[C@@H]5C=C[C@H]4C5)c(Cl)cnc3[nH]2)cn1. The molecule has 0 saturated heterocycles. The quantitative estimate of drug-likeness (QED) is 0.444. The molecule has 0 unspecified atom stereocenters. The third-order valence-corrected chi connectivity index (χ3v) is 6.22. The first-order chi connectivity index (χ1) is 14.5. The summed E-state index contributed by atoms with van der Waals surface area (Å²) in [5, 5.41) is 20.0. The summed E-state index contributed by atoms with van der Waals surface area (Å²) < 4.78 is 1.71. The summed E-state index contributed by atoms with van der Waals surface area (Å²) in [5.41, 5.74) is 2.75. The Labute approximate surface area is 177 Å². The van der Waals surface area contributed by atoms with Crippen LogP contribution in [0.25, 0.3) is 22.6 Å².